The molecule has 1 N–H and O–H groups in total. The van der Waals surface area contributed by atoms with Crippen LogP contribution in [-0.2, 0) is 0 Å². The van der Waals surface area contributed by atoms with Gasteiger partial charge in [-0.1, -0.05) is 6.08 Å². The van der Waals surface area contributed by atoms with E-state index in [0.717, 1.165) is 12.0 Å². The van der Waals surface area contributed by atoms with Crippen LogP contribution in [0.4, 0.5) is 0 Å². The summed E-state index contributed by atoms with van der Waals surface area (Å²) in [7, 11) is 0. The molecule has 2 saturated heterocycles. The molecule has 2 aliphatic heterocycles. The van der Waals surface area contributed by atoms with E-state index in [-0.39, 0.29) is 0 Å². The van der Waals surface area contributed by atoms with E-state index in [9.17, 15) is 0 Å². The molecular formula is C11H20N2. The van der Waals surface area contributed by atoms with E-state index in [2.05, 4.69) is 22.9 Å². The molecule has 0 bridgehead atoms. The molecule has 74 valence electrons. The highest BCUT2D eigenvalue weighted by atomic mass is 15.2. The molecule has 2 aliphatic rings. The predicted molar refractivity (Wildman–Crippen MR) is 55.8 cm³/mol. The van der Waals surface area contributed by atoms with Crippen molar-refractivity contribution in [3.05, 3.63) is 12.7 Å². The van der Waals surface area contributed by atoms with E-state index >= 15 is 0 Å². The molecule has 1 atom stereocenters. The highest BCUT2D eigenvalue weighted by Gasteiger charge is 2.27. The van der Waals surface area contributed by atoms with Gasteiger partial charge in [-0.25, -0.2) is 0 Å². The molecule has 0 aromatic rings. The average Bonchev–Trinajstić information content (AvgIpc) is 2.67. The number of rotatable bonds is 2. The Morgan fingerprint density at radius 1 is 1.23 bits per heavy atom. The molecule has 0 aromatic heterocycles. The molecular weight excluding hydrogens is 160 g/mol. The van der Waals surface area contributed by atoms with E-state index in [1.54, 1.807) is 0 Å². The van der Waals surface area contributed by atoms with E-state index in [1.807, 2.05) is 0 Å². The van der Waals surface area contributed by atoms with Gasteiger partial charge in [0, 0.05) is 12.6 Å². The molecule has 1 unspecified atom stereocenters. The number of hydrogen-bond acceptors (Lipinski definition) is 2. The van der Waals surface area contributed by atoms with Gasteiger partial charge >= 0.3 is 0 Å². The minimum atomic E-state index is 0.759. The first-order chi connectivity index (χ1) is 6.40. The zero-order valence-corrected chi connectivity index (χ0v) is 8.34. The Kier molecular flexibility index (Phi) is 3.01. The van der Waals surface area contributed by atoms with Crippen LogP contribution in [-0.4, -0.2) is 37.1 Å². The lowest BCUT2D eigenvalue weighted by molar-refractivity contribution is 0.195. The van der Waals surface area contributed by atoms with Crippen molar-refractivity contribution in [2.45, 2.75) is 25.3 Å². The molecule has 0 saturated carbocycles. The Morgan fingerprint density at radius 3 is 2.62 bits per heavy atom. The Bertz CT molecular complexity index is 173. The topological polar surface area (TPSA) is 15.3 Å². The fourth-order valence-corrected chi connectivity index (χ4v) is 2.51. The molecule has 0 aliphatic carbocycles. The third-order valence-corrected chi connectivity index (χ3v) is 3.41. The Hall–Kier alpha value is -0.340. The molecule has 0 spiro atoms. The van der Waals surface area contributed by atoms with Crippen molar-refractivity contribution in [1.29, 1.82) is 0 Å². The zero-order chi connectivity index (χ0) is 9.10. The lowest BCUT2D eigenvalue weighted by atomic mass is 10.1. The highest BCUT2D eigenvalue weighted by Crippen LogP contribution is 2.22. The van der Waals surface area contributed by atoms with E-state index in [4.69, 9.17) is 0 Å². The van der Waals surface area contributed by atoms with Crippen molar-refractivity contribution >= 4 is 0 Å². The molecule has 2 heterocycles. The largest absolute Gasteiger partial charge is 0.317 e. The first-order valence-corrected chi connectivity index (χ1v) is 5.47. The van der Waals surface area contributed by atoms with Crippen LogP contribution in [0, 0.1) is 5.92 Å². The third-order valence-electron chi connectivity index (χ3n) is 3.41. The molecule has 2 nitrogen and oxygen atoms in total. The van der Waals surface area contributed by atoms with Crippen LogP contribution in [0.3, 0.4) is 0 Å². The van der Waals surface area contributed by atoms with Crippen molar-refractivity contribution in [1.82, 2.24) is 10.2 Å². The van der Waals surface area contributed by atoms with Crippen LogP contribution in [0.5, 0.6) is 0 Å². The summed E-state index contributed by atoms with van der Waals surface area (Å²) < 4.78 is 0. The summed E-state index contributed by atoms with van der Waals surface area (Å²) in [6.45, 7) is 8.85. The SMILES string of the molecule is C=CC1CCN(C2CCNCC2)C1. The van der Waals surface area contributed by atoms with E-state index < -0.39 is 0 Å². The van der Waals surface area contributed by atoms with Crippen molar-refractivity contribution in [3.63, 3.8) is 0 Å². The summed E-state index contributed by atoms with van der Waals surface area (Å²) in [6, 6.07) is 0.853. The summed E-state index contributed by atoms with van der Waals surface area (Å²) in [6.07, 6.45) is 6.13. The maximum Gasteiger partial charge on any atom is 0.0120 e. The van der Waals surface area contributed by atoms with Crippen molar-refractivity contribution in [2.24, 2.45) is 5.92 Å². The zero-order valence-electron chi connectivity index (χ0n) is 8.34. The third kappa shape index (κ3) is 2.12. The summed E-state index contributed by atoms with van der Waals surface area (Å²) in [5.41, 5.74) is 0. The van der Waals surface area contributed by atoms with E-state index in [0.29, 0.717) is 0 Å². The molecule has 2 heteroatoms. The second-order valence-corrected chi connectivity index (χ2v) is 4.26. The van der Waals surface area contributed by atoms with Gasteiger partial charge in [-0.15, -0.1) is 6.58 Å². The average molecular weight is 180 g/mol. The quantitative estimate of drug-likeness (QED) is 0.643. The second kappa shape index (κ2) is 4.25. The molecule has 2 fully saturated rings. The minimum absolute atomic E-state index is 0.759. The van der Waals surface area contributed by atoms with Crippen molar-refractivity contribution in [2.75, 3.05) is 26.2 Å². The fourth-order valence-electron chi connectivity index (χ4n) is 2.51. The van der Waals surface area contributed by atoms with Crippen LogP contribution in [0.15, 0.2) is 12.7 Å². The number of hydrogen-bond donors (Lipinski definition) is 1. The van der Waals surface area contributed by atoms with Crippen molar-refractivity contribution < 1.29 is 0 Å². The number of piperidine rings is 1. The van der Waals surface area contributed by atoms with Crippen LogP contribution < -0.4 is 5.32 Å². The first-order valence-electron chi connectivity index (χ1n) is 5.47. The fraction of sp³-hybridized carbons (Fsp3) is 0.818. The summed E-state index contributed by atoms with van der Waals surface area (Å²) >= 11 is 0. The number of nitrogens with zero attached hydrogens (tertiary/aromatic N) is 1. The van der Waals surface area contributed by atoms with Gasteiger partial charge in [0.05, 0.1) is 0 Å². The molecule has 2 rings (SSSR count). The highest BCUT2D eigenvalue weighted by molar-refractivity contribution is 4.91. The minimum Gasteiger partial charge on any atom is -0.317 e. The normalized spacial score (nSPS) is 32.2. The summed E-state index contributed by atoms with van der Waals surface area (Å²) in [4.78, 5) is 2.66. The van der Waals surface area contributed by atoms with Crippen LogP contribution >= 0.6 is 0 Å². The maximum absolute atomic E-state index is 3.88. The van der Waals surface area contributed by atoms with Gasteiger partial charge in [0.25, 0.3) is 0 Å². The summed E-state index contributed by atoms with van der Waals surface area (Å²) in [5, 5.41) is 3.42. The number of nitrogens with one attached hydrogen (secondary N) is 1. The molecule has 0 amide bonds. The van der Waals surface area contributed by atoms with Gasteiger partial charge < -0.3 is 5.32 Å². The lowest BCUT2D eigenvalue weighted by Crippen LogP contribution is -2.41. The molecule has 0 aromatic carbocycles. The Labute approximate surface area is 81.0 Å². The molecule has 13 heavy (non-hydrogen) atoms. The van der Waals surface area contributed by atoms with Crippen LogP contribution in [0.1, 0.15) is 19.3 Å². The predicted octanol–water partition coefficient (Wildman–Crippen LogP) is 1.25. The van der Waals surface area contributed by atoms with Crippen LogP contribution in [0.25, 0.3) is 0 Å². The van der Waals surface area contributed by atoms with E-state index in [1.165, 1.54) is 45.4 Å². The van der Waals surface area contributed by atoms with Crippen LogP contribution in [0.2, 0.25) is 0 Å². The molecule has 0 radical (unpaired) electrons. The summed E-state index contributed by atoms with van der Waals surface area (Å²) in [5.74, 6) is 0.759. The number of likely N-dealkylation sites (tertiary alicyclic amines) is 1. The van der Waals surface area contributed by atoms with Gasteiger partial charge in [0.15, 0.2) is 0 Å². The van der Waals surface area contributed by atoms with Gasteiger partial charge in [-0.3, -0.25) is 4.90 Å². The standard InChI is InChI=1S/C11H20N2/c1-2-10-5-8-13(9-10)11-3-6-12-7-4-11/h2,10-12H,1,3-9H2. The smallest absolute Gasteiger partial charge is 0.0120 e. The van der Waals surface area contributed by atoms with Crippen molar-refractivity contribution in [3.8, 4) is 0 Å². The monoisotopic (exact) mass is 180 g/mol. The first kappa shape index (κ1) is 9.22. The second-order valence-electron chi connectivity index (χ2n) is 4.26. The lowest BCUT2D eigenvalue weighted by Gasteiger charge is -2.31. The Balaban J connectivity index is 1.83. The van der Waals surface area contributed by atoms with Gasteiger partial charge in [-0.2, -0.15) is 0 Å². The van der Waals surface area contributed by atoms with Gasteiger partial charge in [0.1, 0.15) is 0 Å². The Morgan fingerprint density at radius 2 is 2.00 bits per heavy atom. The van der Waals surface area contributed by atoms with Gasteiger partial charge in [-0.05, 0) is 44.8 Å². The van der Waals surface area contributed by atoms with Gasteiger partial charge in [0.2, 0.25) is 0 Å². The maximum atomic E-state index is 3.88.